The molecule has 0 N–H and O–H groups in total. The van der Waals surface area contributed by atoms with Crippen molar-refractivity contribution < 1.29 is 4.42 Å². The van der Waals surface area contributed by atoms with E-state index in [1.165, 1.54) is 5.56 Å². The maximum absolute atomic E-state index is 12.1. The Kier molecular flexibility index (Phi) is 3.15. The van der Waals surface area contributed by atoms with Gasteiger partial charge in [0.2, 0.25) is 0 Å². The highest BCUT2D eigenvalue weighted by atomic mass is 16.4. The van der Waals surface area contributed by atoms with Crippen molar-refractivity contribution in [1.29, 1.82) is 0 Å². The molecule has 0 unspecified atom stereocenters. The van der Waals surface area contributed by atoms with E-state index in [9.17, 15) is 4.79 Å². The Balaban J connectivity index is 2.13. The van der Waals surface area contributed by atoms with Gasteiger partial charge in [-0.1, -0.05) is 42.0 Å². The first kappa shape index (κ1) is 12.7. The van der Waals surface area contributed by atoms with Gasteiger partial charge in [0.15, 0.2) is 0 Å². The second kappa shape index (κ2) is 4.97. The van der Waals surface area contributed by atoms with Crippen molar-refractivity contribution in [2.45, 2.75) is 20.3 Å². The average molecular weight is 264 g/mol. The zero-order valence-electron chi connectivity index (χ0n) is 11.6. The van der Waals surface area contributed by atoms with Gasteiger partial charge in [-0.15, -0.1) is 0 Å². The van der Waals surface area contributed by atoms with Gasteiger partial charge in [0.05, 0.1) is 0 Å². The average Bonchev–Trinajstić information content (AvgIpc) is 2.42. The van der Waals surface area contributed by atoms with Crippen LogP contribution in [0.25, 0.3) is 11.0 Å². The fraction of sp³-hybridized carbons (Fsp3) is 0.167. The number of hydrogen-bond acceptors (Lipinski definition) is 2. The molecule has 3 rings (SSSR count). The first-order chi connectivity index (χ1) is 9.63. The van der Waals surface area contributed by atoms with E-state index in [4.69, 9.17) is 4.42 Å². The smallest absolute Gasteiger partial charge is 0.339 e. The van der Waals surface area contributed by atoms with E-state index < -0.39 is 0 Å². The summed E-state index contributed by atoms with van der Waals surface area (Å²) in [7, 11) is 0. The number of hydrogen-bond donors (Lipinski definition) is 0. The first-order valence-corrected chi connectivity index (χ1v) is 6.71. The van der Waals surface area contributed by atoms with Gasteiger partial charge < -0.3 is 4.42 Å². The van der Waals surface area contributed by atoms with Gasteiger partial charge in [0, 0.05) is 17.4 Å². The van der Waals surface area contributed by atoms with Crippen LogP contribution in [0, 0.1) is 13.8 Å². The first-order valence-electron chi connectivity index (χ1n) is 6.71. The fourth-order valence-electron chi connectivity index (χ4n) is 2.58. The van der Waals surface area contributed by atoms with Gasteiger partial charge in [-0.25, -0.2) is 4.79 Å². The van der Waals surface area contributed by atoms with Gasteiger partial charge >= 0.3 is 5.63 Å². The van der Waals surface area contributed by atoms with Crippen molar-refractivity contribution in [1.82, 2.24) is 0 Å². The van der Waals surface area contributed by atoms with Crippen LogP contribution in [0.1, 0.15) is 22.3 Å². The third-order valence-corrected chi connectivity index (χ3v) is 3.47. The molecule has 100 valence electrons. The highest BCUT2D eigenvalue weighted by Crippen LogP contribution is 2.20. The predicted octanol–water partition coefficient (Wildman–Crippen LogP) is 4.00. The molecule has 1 aromatic heterocycles. The van der Waals surface area contributed by atoms with Crippen LogP contribution < -0.4 is 5.63 Å². The Hall–Kier alpha value is -2.35. The summed E-state index contributed by atoms with van der Waals surface area (Å²) in [5, 5.41) is 0.994. The number of fused-ring (bicyclic) bond motifs is 1. The van der Waals surface area contributed by atoms with Gasteiger partial charge in [-0.05, 0) is 37.1 Å². The largest absolute Gasteiger partial charge is 0.422 e. The van der Waals surface area contributed by atoms with E-state index in [0.29, 0.717) is 17.6 Å². The van der Waals surface area contributed by atoms with E-state index in [1.807, 2.05) is 49.4 Å². The van der Waals surface area contributed by atoms with Crippen LogP contribution in [-0.2, 0) is 6.42 Å². The minimum Gasteiger partial charge on any atom is -0.422 e. The second-order valence-corrected chi connectivity index (χ2v) is 5.22. The van der Waals surface area contributed by atoms with E-state index in [0.717, 1.165) is 16.5 Å². The summed E-state index contributed by atoms with van der Waals surface area (Å²) >= 11 is 0. The van der Waals surface area contributed by atoms with Crippen molar-refractivity contribution in [2.24, 2.45) is 0 Å². The number of benzene rings is 2. The molecule has 0 radical (unpaired) electrons. The molecule has 2 aromatic carbocycles. The van der Waals surface area contributed by atoms with Crippen LogP contribution in [0.3, 0.4) is 0 Å². The third-order valence-electron chi connectivity index (χ3n) is 3.47. The maximum atomic E-state index is 12.1. The van der Waals surface area contributed by atoms with Crippen molar-refractivity contribution in [3.05, 3.63) is 81.2 Å². The molecule has 0 amide bonds. The molecule has 2 nitrogen and oxygen atoms in total. The van der Waals surface area contributed by atoms with E-state index in [-0.39, 0.29) is 5.63 Å². The monoisotopic (exact) mass is 264 g/mol. The maximum Gasteiger partial charge on any atom is 0.339 e. The van der Waals surface area contributed by atoms with Crippen LogP contribution in [0.2, 0.25) is 0 Å². The lowest BCUT2D eigenvalue weighted by Crippen LogP contribution is -2.08. The lowest BCUT2D eigenvalue weighted by molar-refractivity contribution is 0.550. The lowest BCUT2D eigenvalue weighted by atomic mass is 10.0. The van der Waals surface area contributed by atoms with E-state index in [1.54, 1.807) is 0 Å². The number of rotatable bonds is 2. The van der Waals surface area contributed by atoms with E-state index >= 15 is 0 Å². The Bertz CT molecular complexity index is 814. The second-order valence-electron chi connectivity index (χ2n) is 5.22. The molecule has 0 fully saturated rings. The normalized spacial score (nSPS) is 10.9. The molecule has 1 heterocycles. The quantitative estimate of drug-likeness (QED) is 0.655. The molecule has 0 atom stereocenters. The van der Waals surface area contributed by atoms with Crippen molar-refractivity contribution in [3.8, 4) is 0 Å². The van der Waals surface area contributed by atoms with Crippen LogP contribution >= 0.6 is 0 Å². The van der Waals surface area contributed by atoms with Gasteiger partial charge in [0.25, 0.3) is 0 Å². The highest BCUT2D eigenvalue weighted by molar-refractivity contribution is 5.81. The van der Waals surface area contributed by atoms with Crippen LogP contribution in [-0.4, -0.2) is 0 Å². The van der Waals surface area contributed by atoms with Crippen molar-refractivity contribution in [2.75, 3.05) is 0 Å². The summed E-state index contributed by atoms with van der Waals surface area (Å²) in [4.78, 5) is 12.1. The Morgan fingerprint density at radius 1 is 1.00 bits per heavy atom. The third kappa shape index (κ3) is 2.37. The van der Waals surface area contributed by atoms with Gasteiger partial charge in [0.1, 0.15) is 5.58 Å². The molecular weight excluding hydrogens is 248 g/mol. The van der Waals surface area contributed by atoms with Crippen molar-refractivity contribution >= 4 is 11.0 Å². The Labute approximate surface area is 117 Å². The summed E-state index contributed by atoms with van der Waals surface area (Å²) in [6, 6.07) is 16.0. The molecule has 0 aliphatic rings. The molecule has 0 bridgehead atoms. The topological polar surface area (TPSA) is 30.2 Å². The minimum atomic E-state index is -0.242. The standard InChI is InChI=1S/C18H16O2/c1-12-8-13(2)17-15(9-12)11-16(18(19)20-17)10-14-6-4-3-5-7-14/h3-9,11H,10H2,1-2H3. The summed E-state index contributed by atoms with van der Waals surface area (Å²) < 4.78 is 5.50. The lowest BCUT2D eigenvalue weighted by Gasteiger charge is -2.06. The predicted molar refractivity (Wildman–Crippen MR) is 81.2 cm³/mol. The minimum absolute atomic E-state index is 0.242. The SMILES string of the molecule is Cc1cc(C)c2oc(=O)c(Cc3ccccc3)cc2c1. The Morgan fingerprint density at radius 3 is 2.50 bits per heavy atom. The number of aryl methyl sites for hydroxylation is 2. The molecule has 0 spiro atoms. The molecule has 0 saturated heterocycles. The van der Waals surface area contributed by atoms with Gasteiger partial charge in [-0.2, -0.15) is 0 Å². The fourth-order valence-corrected chi connectivity index (χ4v) is 2.58. The summed E-state index contributed by atoms with van der Waals surface area (Å²) in [6.07, 6.45) is 0.603. The summed E-state index contributed by atoms with van der Waals surface area (Å²) in [6.45, 7) is 4.02. The van der Waals surface area contributed by atoms with Crippen LogP contribution in [0.4, 0.5) is 0 Å². The highest BCUT2D eigenvalue weighted by Gasteiger charge is 2.08. The molecule has 0 aliphatic heterocycles. The zero-order valence-corrected chi connectivity index (χ0v) is 11.6. The summed E-state index contributed by atoms with van der Waals surface area (Å²) in [5.74, 6) is 0. The molecule has 3 aromatic rings. The Morgan fingerprint density at radius 2 is 1.75 bits per heavy atom. The molecule has 0 aliphatic carbocycles. The molecule has 2 heteroatoms. The summed E-state index contributed by atoms with van der Waals surface area (Å²) in [5.41, 5.74) is 4.45. The molecule has 0 saturated carbocycles. The molecule has 20 heavy (non-hydrogen) atoms. The van der Waals surface area contributed by atoms with Gasteiger partial charge in [-0.3, -0.25) is 0 Å². The van der Waals surface area contributed by atoms with Crippen molar-refractivity contribution in [3.63, 3.8) is 0 Å². The molecular formula is C18H16O2. The van der Waals surface area contributed by atoms with Crippen LogP contribution in [0.15, 0.2) is 57.7 Å². The zero-order chi connectivity index (χ0) is 14.1. The van der Waals surface area contributed by atoms with E-state index in [2.05, 4.69) is 13.0 Å². The van der Waals surface area contributed by atoms with Crippen LogP contribution in [0.5, 0.6) is 0 Å².